The molecule has 6 rings (SSSR count). The molecule has 2 N–H and O–H groups in total. The van der Waals surface area contributed by atoms with E-state index in [2.05, 4.69) is 9.97 Å². The Hall–Kier alpha value is -2.72. The summed E-state index contributed by atoms with van der Waals surface area (Å²) >= 11 is 6.16. The Labute approximate surface area is 188 Å². The number of benzene rings is 1. The third kappa shape index (κ3) is 3.00. The third-order valence-electron chi connectivity index (χ3n) is 6.18. The van der Waals surface area contributed by atoms with Crippen molar-refractivity contribution in [1.29, 1.82) is 0 Å². The maximum Gasteiger partial charge on any atom is 0.310 e. The van der Waals surface area contributed by atoms with Gasteiger partial charge in [-0.2, -0.15) is 0 Å². The molecule has 2 saturated heterocycles. The zero-order valence-electron chi connectivity index (χ0n) is 17.4. The standard InChI is InChI=1S/C22H21ClN4O5/c1-22(2)31-17-16(15-12-4-3-11(23)7-10(12)8-14(28)29-15)30-21(18(17)32-22)27-6-5-13-19(24)25-9-26-20(13)27/h3-7,9,15-18,21H,8H2,1-2H3,(H2,24,25,26)/t15?,16-,17-,18-,21-/m1/s1. The largest absolute Gasteiger partial charge is 0.454 e. The van der Waals surface area contributed by atoms with E-state index in [1.54, 1.807) is 12.1 Å². The minimum Gasteiger partial charge on any atom is -0.454 e. The molecule has 9 nitrogen and oxygen atoms in total. The van der Waals surface area contributed by atoms with Crippen LogP contribution in [0.2, 0.25) is 5.02 Å². The maximum absolute atomic E-state index is 12.4. The molecule has 10 heteroatoms. The lowest BCUT2D eigenvalue weighted by Crippen LogP contribution is -2.38. The van der Waals surface area contributed by atoms with Crippen LogP contribution in [0.3, 0.4) is 0 Å². The Morgan fingerprint density at radius 1 is 1.16 bits per heavy atom. The molecule has 3 aliphatic heterocycles. The van der Waals surface area contributed by atoms with Crippen LogP contribution in [-0.2, 0) is 30.2 Å². The Bertz CT molecular complexity index is 1240. The molecule has 2 aromatic heterocycles. The molecule has 0 saturated carbocycles. The first-order chi connectivity index (χ1) is 15.3. The first-order valence-corrected chi connectivity index (χ1v) is 10.7. The van der Waals surface area contributed by atoms with Crippen LogP contribution < -0.4 is 5.73 Å². The van der Waals surface area contributed by atoms with Crippen molar-refractivity contribution >= 4 is 34.4 Å². The highest BCUT2D eigenvalue weighted by atomic mass is 35.5. The van der Waals surface area contributed by atoms with Crippen LogP contribution in [-0.4, -0.2) is 44.6 Å². The normalized spacial score (nSPS) is 30.8. The van der Waals surface area contributed by atoms with E-state index in [9.17, 15) is 4.79 Å². The second kappa shape index (κ2) is 6.89. The van der Waals surface area contributed by atoms with E-state index in [4.69, 9.17) is 36.3 Å². The lowest BCUT2D eigenvalue weighted by atomic mass is 9.91. The number of hydrogen-bond donors (Lipinski definition) is 1. The molecular weight excluding hydrogens is 436 g/mol. The molecule has 166 valence electrons. The molecule has 0 spiro atoms. The van der Waals surface area contributed by atoms with Crippen LogP contribution in [0.25, 0.3) is 11.0 Å². The summed E-state index contributed by atoms with van der Waals surface area (Å²) in [7, 11) is 0. The highest BCUT2D eigenvalue weighted by molar-refractivity contribution is 6.30. The molecule has 3 aromatic rings. The monoisotopic (exact) mass is 456 g/mol. The number of halogens is 1. The van der Waals surface area contributed by atoms with Crippen molar-refractivity contribution in [3.63, 3.8) is 0 Å². The smallest absolute Gasteiger partial charge is 0.310 e. The van der Waals surface area contributed by atoms with Crippen LogP contribution in [0.4, 0.5) is 5.82 Å². The topological polar surface area (TPSA) is 111 Å². The molecule has 5 heterocycles. The van der Waals surface area contributed by atoms with E-state index in [1.165, 1.54) is 6.33 Å². The lowest BCUT2D eigenvalue weighted by molar-refractivity contribution is -0.212. The first-order valence-electron chi connectivity index (χ1n) is 10.4. The number of ether oxygens (including phenoxy) is 4. The van der Waals surface area contributed by atoms with E-state index < -0.39 is 36.4 Å². The van der Waals surface area contributed by atoms with Gasteiger partial charge in [-0.1, -0.05) is 17.7 Å². The average Bonchev–Trinajstić information content (AvgIpc) is 3.38. The molecular formula is C22H21ClN4O5. The van der Waals surface area contributed by atoms with Gasteiger partial charge in [-0.15, -0.1) is 0 Å². The van der Waals surface area contributed by atoms with E-state index in [-0.39, 0.29) is 12.4 Å². The minimum absolute atomic E-state index is 0.165. The average molecular weight is 457 g/mol. The van der Waals surface area contributed by atoms with Crippen LogP contribution in [0.1, 0.15) is 37.3 Å². The van der Waals surface area contributed by atoms with Gasteiger partial charge >= 0.3 is 5.97 Å². The summed E-state index contributed by atoms with van der Waals surface area (Å²) in [5.41, 5.74) is 8.32. The van der Waals surface area contributed by atoms with Crippen molar-refractivity contribution in [3.05, 3.63) is 52.9 Å². The number of anilines is 1. The number of cyclic esters (lactones) is 1. The summed E-state index contributed by atoms with van der Waals surface area (Å²) in [6.45, 7) is 3.71. The zero-order chi connectivity index (χ0) is 22.2. The van der Waals surface area contributed by atoms with Crippen LogP contribution in [0.15, 0.2) is 36.8 Å². The van der Waals surface area contributed by atoms with Crippen LogP contribution >= 0.6 is 11.6 Å². The minimum atomic E-state index is -0.825. The maximum atomic E-state index is 12.4. The van der Waals surface area contributed by atoms with Gasteiger partial charge in [0.25, 0.3) is 0 Å². The van der Waals surface area contributed by atoms with Gasteiger partial charge in [0, 0.05) is 11.2 Å². The van der Waals surface area contributed by atoms with Gasteiger partial charge in [-0.3, -0.25) is 4.79 Å². The summed E-state index contributed by atoms with van der Waals surface area (Å²) in [4.78, 5) is 20.9. The van der Waals surface area contributed by atoms with Gasteiger partial charge in [-0.25, -0.2) is 9.97 Å². The Morgan fingerprint density at radius 2 is 1.97 bits per heavy atom. The zero-order valence-corrected chi connectivity index (χ0v) is 18.2. The van der Waals surface area contributed by atoms with Gasteiger partial charge in [0.05, 0.1) is 11.8 Å². The van der Waals surface area contributed by atoms with Gasteiger partial charge in [0.2, 0.25) is 0 Å². The van der Waals surface area contributed by atoms with Gasteiger partial charge in [0.15, 0.2) is 18.1 Å². The Morgan fingerprint density at radius 3 is 2.81 bits per heavy atom. The molecule has 3 aliphatic rings. The van der Waals surface area contributed by atoms with Crippen molar-refractivity contribution in [2.45, 2.75) is 56.7 Å². The van der Waals surface area contributed by atoms with Crippen molar-refractivity contribution in [2.24, 2.45) is 0 Å². The lowest BCUT2D eigenvalue weighted by Gasteiger charge is -2.32. The molecule has 0 aliphatic carbocycles. The summed E-state index contributed by atoms with van der Waals surface area (Å²) in [6, 6.07) is 7.30. The number of esters is 1. The third-order valence-corrected chi connectivity index (χ3v) is 6.42. The Kier molecular flexibility index (Phi) is 4.29. The number of carbonyl (C=O) groups excluding carboxylic acids is 1. The number of aromatic nitrogens is 3. The number of nitrogens with zero attached hydrogens (tertiary/aromatic N) is 3. The summed E-state index contributed by atoms with van der Waals surface area (Å²) in [5.74, 6) is -0.775. The number of nitrogen functional groups attached to an aromatic ring is 1. The second-order valence-electron chi connectivity index (χ2n) is 8.71. The predicted molar refractivity (Wildman–Crippen MR) is 114 cm³/mol. The number of hydrogen-bond acceptors (Lipinski definition) is 8. The molecule has 2 fully saturated rings. The van der Waals surface area contributed by atoms with Gasteiger partial charge in [-0.05, 0) is 43.2 Å². The highest BCUT2D eigenvalue weighted by Crippen LogP contribution is 2.49. The van der Waals surface area contributed by atoms with E-state index >= 15 is 0 Å². The second-order valence-corrected chi connectivity index (χ2v) is 9.14. The first kappa shape index (κ1) is 19.9. The number of fused-ring (bicyclic) bond motifs is 3. The van der Waals surface area contributed by atoms with Crippen LogP contribution in [0.5, 0.6) is 0 Å². The molecule has 1 aromatic carbocycles. The summed E-state index contributed by atoms with van der Waals surface area (Å²) in [6.07, 6.45) is 0.705. The molecule has 0 radical (unpaired) electrons. The predicted octanol–water partition coefficient (Wildman–Crippen LogP) is 2.93. The van der Waals surface area contributed by atoms with E-state index in [1.807, 2.05) is 36.7 Å². The molecule has 1 unspecified atom stereocenters. The molecule has 5 atom stereocenters. The fourth-order valence-electron chi connectivity index (χ4n) is 4.92. The highest BCUT2D eigenvalue weighted by Gasteiger charge is 2.59. The SMILES string of the molecule is CC1(C)O[C@@H]2[C@H](O1)[C@@H](C1OC(=O)Cc3cc(Cl)ccc31)O[C@H]2n1ccc2c(N)ncnc21. The molecule has 0 bridgehead atoms. The fraction of sp³-hybridized carbons (Fsp3) is 0.409. The Balaban J connectivity index is 1.43. The van der Waals surface area contributed by atoms with Gasteiger partial charge < -0.3 is 29.2 Å². The van der Waals surface area contributed by atoms with Crippen molar-refractivity contribution in [2.75, 3.05) is 5.73 Å². The van der Waals surface area contributed by atoms with Crippen molar-refractivity contribution in [1.82, 2.24) is 14.5 Å². The van der Waals surface area contributed by atoms with Crippen LogP contribution in [0, 0.1) is 0 Å². The van der Waals surface area contributed by atoms with E-state index in [0.717, 1.165) is 16.5 Å². The quantitative estimate of drug-likeness (QED) is 0.586. The van der Waals surface area contributed by atoms with Crippen molar-refractivity contribution in [3.8, 4) is 0 Å². The summed E-state index contributed by atoms with van der Waals surface area (Å²) < 4.78 is 26.6. The fourth-order valence-corrected chi connectivity index (χ4v) is 5.12. The summed E-state index contributed by atoms with van der Waals surface area (Å²) in [5, 5.41) is 1.29. The number of nitrogens with two attached hydrogens (primary N) is 1. The number of rotatable bonds is 2. The van der Waals surface area contributed by atoms with Gasteiger partial charge in [0.1, 0.15) is 36.1 Å². The van der Waals surface area contributed by atoms with Crippen molar-refractivity contribution < 1.29 is 23.7 Å². The van der Waals surface area contributed by atoms with E-state index in [0.29, 0.717) is 16.5 Å². The number of carbonyl (C=O) groups is 1. The molecule has 0 amide bonds. The molecule has 32 heavy (non-hydrogen) atoms.